The lowest BCUT2D eigenvalue weighted by Gasteiger charge is -2.36. The number of aromatic amines is 1. The summed E-state index contributed by atoms with van der Waals surface area (Å²) in [5.74, 6) is 0.0337. The van der Waals surface area contributed by atoms with Gasteiger partial charge in [-0.25, -0.2) is 0 Å². The van der Waals surface area contributed by atoms with Crippen molar-refractivity contribution in [3.05, 3.63) is 47.8 Å². The Morgan fingerprint density at radius 3 is 2.65 bits per heavy atom. The molecule has 0 aliphatic carbocycles. The Kier molecular flexibility index (Phi) is 3.41. The quantitative estimate of drug-likeness (QED) is 0.903. The van der Waals surface area contributed by atoms with Crippen molar-refractivity contribution in [2.45, 2.75) is 6.92 Å². The van der Waals surface area contributed by atoms with E-state index in [9.17, 15) is 4.79 Å². The van der Waals surface area contributed by atoms with Crippen molar-refractivity contribution in [3.63, 3.8) is 0 Å². The molecule has 1 aliphatic rings. The van der Waals surface area contributed by atoms with E-state index in [1.54, 1.807) is 12.3 Å². The van der Waals surface area contributed by atoms with E-state index >= 15 is 0 Å². The number of nitrogens with zero attached hydrogens (tertiary/aromatic N) is 3. The van der Waals surface area contributed by atoms with Gasteiger partial charge in [-0.1, -0.05) is 12.1 Å². The van der Waals surface area contributed by atoms with Gasteiger partial charge in [-0.2, -0.15) is 5.10 Å². The zero-order valence-corrected chi connectivity index (χ0v) is 11.5. The molecule has 2 aromatic rings. The van der Waals surface area contributed by atoms with Gasteiger partial charge in [0.25, 0.3) is 5.91 Å². The Bertz CT molecular complexity index is 586. The summed E-state index contributed by atoms with van der Waals surface area (Å²) in [6, 6.07) is 10.2. The number of benzene rings is 1. The van der Waals surface area contributed by atoms with Crippen LogP contribution in [-0.2, 0) is 0 Å². The van der Waals surface area contributed by atoms with Gasteiger partial charge < -0.3 is 9.80 Å². The lowest BCUT2D eigenvalue weighted by Crippen LogP contribution is -2.48. The minimum atomic E-state index is 0.0337. The van der Waals surface area contributed by atoms with Gasteiger partial charge in [0.05, 0.1) is 0 Å². The first-order chi connectivity index (χ1) is 9.74. The second-order valence-electron chi connectivity index (χ2n) is 5.09. The molecule has 1 amide bonds. The van der Waals surface area contributed by atoms with Crippen molar-refractivity contribution in [3.8, 4) is 0 Å². The zero-order valence-electron chi connectivity index (χ0n) is 11.5. The van der Waals surface area contributed by atoms with Crippen LogP contribution in [0.4, 0.5) is 5.69 Å². The van der Waals surface area contributed by atoms with Crippen molar-refractivity contribution in [1.82, 2.24) is 15.1 Å². The van der Waals surface area contributed by atoms with Gasteiger partial charge in [0, 0.05) is 38.1 Å². The molecule has 20 heavy (non-hydrogen) atoms. The fourth-order valence-corrected chi connectivity index (χ4v) is 2.54. The molecular weight excluding hydrogens is 252 g/mol. The number of hydrogen-bond donors (Lipinski definition) is 1. The molecule has 1 aromatic carbocycles. The second-order valence-corrected chi connectivity index (χ2v) is 5.09. The maximum atomic E-state index is 12.2. The number of anilines is 1. The van der Waals surface area contributed by atoms with E-state index in [-0.39, 0.29) is 5.91 Å². The number of aryl methyl sites for hydroxylation is 1. The molecule has 1 fully saturated rings. The average molecular weight is 270 g/mol. The average Bonchev–Trinajstić information content (AvgIpc) is 3.01. The summed E-state index contributed by atoms with van der Waals surface area (Å²) in [4.78, 5) is 16.4. The maximum Gasteiger partial charge on any atom is 0.271 e. The van der Waals surface area contributed by atoms with Crippen LogP contribution in [0.25, 0.3) is 0 Å². The Morgan fingerprint density at radius 1 is 1.20 bits per heavy atom. The minimum absolute atomic E-state index is 0.0337. The topological polar surface area (TPSA) is 52.2 Å². The summed E-state index contributed by atoms with van der Waals surface area (Å²) in [6.45, 7) is 5.31. The molecule has 5 heteroatoms. The predicted molar refractivity (Wildman–Crippen MR) is 77.9 cm³/mol. The lowest BCUT2D eigenvalue weighted by molar-refractivity contribution is 0.0741. The summed E-state index contributed by atoms with van der Waals surface area (Å²) in [5, 5.41) is 6.56. The number of rotatable bonds is 2. The Balaban J connectivity index is 1.64. The van der Waals surface area contributed by atoms with Gasteiger partial charge in [0.15, 0.2) is 0 Å². The summed E-state index contributed by atoms with van der Waals surface area (Å²) in [6.07, 6.45) is 1.61. The maximum absolute atomic E-state index is 12.2. The summed E-state index contributed by atoms with van der Waals surface area (Å²) in [7, 11) is 0. The Morgan fingerprint density at radius 2 is 2.00 bits per heavy atom. The van der Waals surface area contributed by atoms with Gasteiger partial charge in [-0.15, -0.1) is 0 Å². The second kappa shape index (κ2) is 5.36. The van der Waals surface area contributed by atoms with E-state index in [0.29, 0.717) is 5.69 Å². The molecule has 0 unspecified atom stereocenters. The fourth-order valence-electron chi connectivity index (χ4n) is 2.54. The number of H-pyrrole nitrogens is 1. The highest BCUT2D eigenvalue weighted by molar-refractivity contribution is 5.92. The van der Waals surface area contributed by atoms with E-state index in [1.807, 2.05) is 4.90 Å². The van der Waals surface area contributed by atoms with Gasteiger partial charge >= 0.3 is 0 Å². The Labute approximate surface area is 118 Å². The molecule has 1 aliphatic heterocycles. The number of piperazine rings is 1. The van der Waals surface area contributed by atoms with Crippen LogP contribution >= 0.6 is 0 Å². The van der Waals surface area contributed by atoms with E-state index in [1.165, 1.54) is 11.3 Å². The number of nitrogens with one attached hydrogen (secondary N) is 1. The van der Waals surface area contributed by atoms with Gasteiger partial charge in [-0.3, -0.25) is 9.89 Å². The van der Waals surface area contributed by atoms with Crippen LogP contribution in [0.1, 0.15) is 16.1 Å². The van der Waals surface area contributed by atoms with Crippen LogP contribution in [-0.4, -0.2) is 47.2 Å². The molecule has 0 bridgehead atoms. The van der Waals surface area contributed by atoms with Crippen LogP contribution in [0, 0.1) is 6.92 Å². The molecule has 1 saturated heterocycles. The van der Waals surface area contributed by atoms with Crippen LogP contribution in [0.2, 0.25) is 0 Å². The first kappa shape index (κ1) is 12.7. The van der Waals surface area contributed by atoms with Crippen LogP contribution < -0.4 is 4.90 Å². The van der Waals surface area contributed by atoms with E-state index < -0.39 is 0 Å². The minimum Gasteiger partial charge on any atom is -0.368 e. The molecule has 5 nitrogen and oxygen atoms in total. The molecule has 1 N–H and O–H groups in total. The number of aromatic nitrogens is 2. The molecule has 2 heterocycles. The lowest BCUT2D eigenvalue weighted by atomic mass is 10.2. The highest BCUT2D eigenvalue weighted by Gasteiger charge is 2.22. The Hall–Kier alpha value is -2.30. The monoisotopic (exact) mass is 270 g/mol. The molecular formula is C15H18N4O. The van der Waals surface area contributed by atoms with Crippen molar-refractivity contribution < 1.29 is 4.79 Å². The molecule has 1 aromatic heterocycles. The fraction of sp³-hybridized carbons (Fsp3) is 0.333. The van der Waals surface area contributed by atoms with Crippen LogP contribution in [0.5, 0.6) is 0 Å². The van der Waals surface area contributed by atoms with Crippen molar-refractivity contribution in [2.24, 2.45) is 0 Å². The normalized spacial score (nSPS) is 15.4. The first-order valence-electron chi connectivity index (χ1n) is 6.84. The molecule has 0 spiro atoms. The standard InChI is InChI=1S/C15H18N4O/c1-12-3-2-4-13(11-12)18-7-9-19(10-8-18)15(20)14-5-6-16-17-14/h2-6,11H,7-10H2,1H3,(H,16,17). The summed E-state index contributed by atoms with van der Waals surface area (Å²) < 4.78 is 0. The third kappa shape index (κ3) is 2.52. The number of carbonyl (C=O) groups is 1. The van der Waals surface area contributed by atoms with Gasteiger partial charge in [0.1, 0.15) is 5.69 Å². The molecule has 0 atom stereocenters. The third-order valence-electron chi connectivity index (χ3n) is 3.66. The van der Waals surface area contributed by atoms with Crippen molar-refractivity contribution >= 4 is 11.6 Å². The van der Waals surface area contributed by atoms with E-state index in [4.69, 9.17) is 0 Å². The predicted octanol–water partition coefficient (Wildman–Crippen LogP) is 1.68. The number of carbonyl (C=O) groups excluding carboxylic acids is 1. The van der Waals surface area contributed by atoms with E-state index in [0.717, 1.165) is 26.2 Å². The van der Waals surface area contributed by atoms with E-state index in [2.05, 4.69) is 46.3 Å². The number of hydrogen-bond acceptors (Lipinski definition) is 3. The molecule has 0 saturated carbocycles. The zero-order chi connectivity index (χ0) is 13.9. The number of amides is 1. The SMILES string of the molecule is Cc1cccc(N2CCN(C(=O)c3ccn[nH]3)CC2)c1. The highest BCUT2D eigenvalue weighted by atomic mass is 16.2. The third-order valence-corrected chi connectivity index (χ3v) is 3.66. The van der Waals surface area contributed by atoms with Crippen LogP contribution in [0.3, 0.4) is 0 Å². The van der Waals surface area contributed by atoms with Crippen molar-refractivity contribution in [1.29, 1.82) is 0 Å². The molecule has 104 valence electrons. The van der Waals surface area contributed by atoms with Gasteiger partial charge in [-0.05, 0) is 30.7 Å². The first-order valence-corrected chi connectivity index (χ1v) is 6.84. The smallest absolute Gasteiger partial charge is 0.271 e. The van der Waals surface area contributed by atoms with Gasteiger partial charge in [0.2, 0.25) is 0 Å². The summed E-state index contributed by atoms with van der Waals surface area (Å²) in [5.41, 5.74) is 3.06. The largest absolute Gasteiger partial charge is 0.368 e. The summed E-state index contributed by atoms with van der Waals surface area (Å²) >= 11 is 0. The van der Waals surface area contributed by atoms with Crippen LogP contribution in [0.15, 0.2) is 36.5 Å². The molecule has 3 rings (SSSR count). The highest BCUT2D eigenvalue weighted by Crippen LogP contribution is 2.18. The van der Waals surface area contributed by atoms with Crippen molar-refractivity contribution in [2.75, 3.05) is 31.1 Å². The molecule has 0 radical (unpaired) electrons.